The van der Waals surface area contributed by atoms with Crippen LogP contribution in [0, 0.1) is 11.8 Å². The van der Waals surface area contributed by atoms with Gasteiger partial charge >= 0.3 is 12.1 Å². The zero-order valence-electron chi connectivity index (χ0n) is 13.0. The number of alkyl halides is 3. The molecule has 126 valence electrons. The van der Waals surface area contributed by atoms with Crippen molar-refractivity contribution in [1.29, 1.82) is 0 Å². The lowest BCUT2D eigenvalue weighted by atomic mass is 9.84. The first-order valence-corrected chi connectivity index (χ1v) is 7.52. The first-order valence-electron chi connectivity index (χ1n) is 7.52. The first-order chi connectivity index (χ1) is 10.9. The molecule has 0 spiro atoms. The predicted octanol–water partition coefficient (Wildman–Crippen LogP) is 4.58. The molecule has 0 unspecified atom stereocenters. The van der Waals surface area contributed by atoms with Crippen LogP contribution in [-0.4, -0.2) is 19.3 Å². The van der Waals surface area contributed by atoms with Gasteiger partial charge in [-0.3, -0.25) is 4.79 Å². The lowest BCUT2D eigenvalue weighted by molar-refractivity contribution is -0.188. The molecule has 0 fully saturated rings. The topological polar surface area (TPSA) is 35.5 Å². The van der Waals surface area contributed by atoms with Crippen LogP contribution in [0.4, 0.5) is 13.2 Å². The number of hydrogen-bond acceptors (Lipinski definition) is 3. The number of halogens is 3. The number of esters is 1. The second kappa shape index (κ2) is 7.06. The third kappa shape index (κ3) is 3.86. The molecule has 0 radical (unpaired) electrons. The van der Waals surface area contributed by atoms with E-state index in [1.165, 1.54) is 7.11 Å². The Balaban J connectivity index is 2.42. The lowest BCUT2D eigenvalue weighted by Crippen LogP contribution is -2.37. The molecular weight excluding hydrogens is 309 g/mol. The van der Waals surface area contributed by atoms with Gasteiger partial charge < -0.3 is 9.47 Å². The number of hydrogen-bond donors (Lipinski definition) is 0. The maximum Gasteiger partial charge on any atom is 0.396 e. The fraction of sp³-hybridized carbons (Fsp3) is 0.471. The van der Waals surface area contributed by atoms with Crippen LogP contribution in [-0.2, 0) is 9.53 Å². The molecule has 0 aromatic heterocycles. The van der Waals surface area contributed by atoms with Crippen molar-refractivity contribution in [1.82, 2.24) is 0 Å². The van der Waals surface area contributed by atoms with Crippen LogP contribution < -0.4 is 4.74 Å². The van der Waals surface area contributed by atoms with Gasteiger partial charge in [-0.05, 0) is 24.6 Å². The van der Waals surface area contributed by atoms with Crippen LogP contribution in [0.2, 0.25) is 0 Å². The van der Waals surface area contributed by atoms with Crippen molar-refractivity contribution in [2.75, 3.05) is 7.11 Å². The van der Waals surface area contributed by atoms with Crippen LogP contribution in [0.25, 0.3) is 5.76 Å². The minimum atomic E-state index is -4.49. The van der Waals surface area contributed by atoms with Crippen LogP contribution in [0.5, 0.6) is 5.75 Å². The molecule has 0 N–H and O–H groups in total. The summed E-state index contributed by atoms with van der Waals surface area (Å²) in [5.41, 5.74) is 0.339. The Labute approximate surface area is 133 Å². The maximum absolute atomic E-state index is 13.4. The third-order valence-corrected chi connectivity index (χ3v) is 3.90. The molecule has 2 rings (SSSR count). The number of methoxy groups -OCH3 is 1. The Morgan fingerprint density at radius 3 is 2.57 bits per heavy atom. The summed E-state index contributed by atoms with van der Waals surface area (Å²) in [5.74, 6) is -3.59. The molecule has 3 nitrogen and oxygen atoms in total. The van der Waals surface area contributed by atoms with E-state index in [0.29, 0.717) is 17.7 Å². The molecule has 0 saturated carbocycles. The lowest BCUT2D eigenvalue weighted by Gasteiger charge is -2.30. The highest BCUT2D eigenvalue weighted by Gasteiger charge is 2.49. The summed E-state index contributed by atoms with van der Waals surface area (Å²) in [4.78, 5) is 12.1. The highest BCUT2D eigenvalue weighted by Crippen LogP contribution is 2.43. The van der Waals surface area contributed by atoms with Crippen LogP contribution >= 0.6 is 0 Å². The van der Waals surface area contributed by atoms with E-state index in [9.17, 15) is 18.0 Å². The van der Waals surface area contributed by atoms with Gasteiger partial charge in [0, 0.05) is 0 Å². The summed E-state index contributed by atoms with van der Waals surface area (Å²) in [5, 5.41) is 0. The molecule has 23 heavy (non-hydrogen) atoms. The monoisotopic (exact) mass is 328 g/mol. The second-order valence-corrected chi connectivity index (χ2v) is 5.47. The fourth-order valence-corrected chi connectivity index (χ4v) is 2.68. The smallest absolute Gasteiger partial charge is 0.396 e. The van der Waals surface area contributed by atoms with Crippen molar-refractivity contribution < 1.29 is 27.4 Å². The second-order valence-electron chi connectivity index (χ2n) is 5.47. The van der Waals surface area contributed by atoms with Crippen LogP contribution in [0.15, 0.2) is 30.3 Å². The Morgan fingerprint density at radius 2 is 1.96 bits per heavy atom. The molecule has 1 aromatic carbocycles. The molecule has 6 heteroatoms. The molecule has 1 aromatic rings. The van der Waals surface area contributed by atoms with Crippen molar-refractivity contribution in [2.45, 2.75) is 32.4 Å². The number of carbonyl (C=O) groups is 1. The number of cyclic esters (lactones) is 1. The number of ether oxygens (including phenoxy) is 2. The Morgan fingerprint density at radius 1 is 1.26 bits per heavy atom. The average molecular weight is 328 g/mol. The SMILES string of the molecule is CCCC[C@@H]1C(=O)OC(c2ccccc2OC)=C[C@@H]1C(F)(F)F. The maximum atomic E-state index is 13.4. The molecule has 1 heterocycles. The van der Waals surface area contributed by atoms with Gasteiger partial charge in [-0.1, -0.05) is 31.9 Å². The zero-order chi connectivity index (χ0) is 17.0. The molecule has 0 amide bonds. The average Bonchev–Trinajstić information content (AvgIpc) is 2.52. The summed E-state index contributed by atoms with van der Waals surface area (Å²) < 4.78 is 50.5. The van der Waals surface area contributed by atoms with E-state index in [0.717, 1.165) is 12.5 Å². The van der Waals surface area contributed by atoms with Crippen molar-refractivity contribution >= 4 is 11.7 Å². The molecule has 1 aliphatic rings. The normalized spacial score (nSPS) is 21.6. The summed E-state index contributed by atoms with van der Waals surface area (Å²) in [6.07, 6.45) is -2.07. The van der Waals surface area contributed by atoms with E-state index in [-0.39, 0.29) is 12.2 Å². The quantitative estimate of drug-likeness (QED) is 0.742. The Kier molecular flexibility index (Phi) is 5.34. The molecule has 0 aliphatic carbocycles. The molecule has 0 saturated heterocycles. The van der Waals surface area contributed by atoms with E-state index in [4.69, 9.17) is 9.47 Å². The summed E-state index contributed by atoms with van der Waals surface area (Å²) in [6.45, 7) is 1.87. The number of carbonyl (C=O) groups excluding carboxylic acids is 1. The summed E-state index contributed by atoms with van der Waals surface area (Å²) in [6, 6.07) is 6.52. The Hall–Kier alpha value is -1.98. The third-order valence-electron chi connectivity index (χ3n) is 3.90. The van der Waals surface area contributed by atoms with Gasteiger partial charge in [0.25, 0.3) is 0 Å². The molecule has 1 aliphatic heterocycles. The highest BCUT2D eigenvalue weighted by atomic mass is 19.4. The van der Waals surface area contributed by atoms with E-state index < -0.39 is 24.0 Å². The minimum absolute atomic E-state index is 0.0949. The minimum Gasteiger partial charge on any atom is -0.496 e. The molecule has 0 bridgehead atoms. The Bertz CT molecular complexity index is 593. The van der Waals surface area contributed by atoms with Gasteiger partial charge in [0.05, 0.1) is 24.5 Å². The van der Waals surface area contributed by atoms with E-state index in [1.54, 1.807) is 24.3 Å². The van der Waals surface area contributed by atoms with Crippen LogP contribution in [0.3, 0.4) is 0 Å². The van der Waals surface area contributed by atoms with E-state index in [2.05, 4.69) is 0 Å². The number of rotatable bonds is 5. The van der Waals surface area contributed by atoms with Crippen molar-refractivity contribution in [3.63, 3.8) is 0 Å². The number of allylic oxidation sites excluding steroid dienone is 1. The van der Waals surface area contributed by atoms with Gasteiger partial charge in [-0.25, -0.2) is 0 Å². The summed E-state index contributed by atoms with van der Waals surface area (Å²) in [7, 11) is 1.41. The van der Waals surface area contributed by atoms with Gasteiger partial charge in [0.1, 0.15) is 11.5 Å². The van der Waals surface area contributed by atoms with Gasteiger partial charge in [-0.2, -0.15) is 13.2 Å². The van der Waals surface area contributed by atoms with Crippen LogP contribution in [0.1, 0.15) is 31.7 Å². The number of para-hydroxylation sites is 1. The predicted molar refractivity (Wildman–Crippen MR) is 79.6 cm³/mol. The van der Waals surface area contributed by atoms with Gasteiger partial charge in [0.15, 0.2) is 0 Å². The highest BCUT2D eigenvalue weighted by molar-refractivity contribution is 5.84. The first kappa shape index (κ1) is 17.4. The van der Waals surface area contributed by atoms with Crippen molar-refractivity contribution in [2.24, 2.45) is 11.8 Å². The van der Waals surface area contributed by atoms with Gasteiger partial charge in [0.2, 0.25) is 0 Å². The van der Waals surface area contributed by atoms with Gasteiger partial charge in [-0.15, -0.1) is 0 Å². The molecular formula is C17H19F3O3. The molecule has 2 atom stereocenters. The fourth-order valence-electron chi connectivity index (χ4n) is 2.68. The number of benzene rings is 1. The zero-order valence-corrected chi connectivity index (χ0v) is 13.0. The van der Waals surface area contributed by atoms with E-state index >= 15 is 0 Å². The standard InChI is InChI=1S/C17H19F3O3/c1-3-4-7-11-13(17(18,19)20)10-15(23-16(11)21)12-8-5-6-9-14(12)22-2/h5-6,8-11,13H,3-4,7H2,1-2H3/t11-,13-/m0/s1. The summed E-state index contributed by atoms with van der Waals surface area (Å²) >= 11 is 0. The number of unbranched alkanes of at least 4 members (excludes halogenated alkanes) is 1. The van der Waals surface area contributed by atoms with E-state index in [1.807, 2.05) is 6.92 Å². The van der Waals surface area contributed by atoms with Crippen molar-refractivity contribution in [3.8, 4) is 5.75 Å². The van der Waals surface area contributed by atoms with Crippen molar-refractivity contribution in [3.05, 3.63) is 35.9 Å². The largest absolute Gasteiger partial charge is 0.496 e.